The zero-order valence-electron chi connectivity index (χ0n) is 10.5. The molecule has 98 valence electrons. The number of hydrogen-bond acceptors (Lipinski definition) is 2. The van der Waals surface area contributed by atoms with E-state index in [1.165, 1.54) is 0 Å². The van der Waals surface area contributed by atoms with Crippen LogP contribution in [0.3, 0.4) is 0 Å². The third-order valence-electron chi connectivity index (χ3n) is 2.98. The average Bonchev–Trinajstić information content (AvgIpc) is 2.83. The summed E-state index contributed by atoms with van der Waals surface area (Å²) in [6, 6.07) is 16.8. The second kappa shape index (κ2) is 5.35. The molecule has 1 aliphatic heterocycles. The van der Waals surface area contributed by atoms with Gasteiger partial charge >= 0.3 is 5.97 Å². The molecule has 3 rings (SSSR count). The molecular weight excluding hydrogens is 272 g/mol. The van der Waals surface area contributed by atoms with E-state index >= 15 is 0 Å². The van der Waals surface area contributed by atoms with Crippen LogP contribution in [0.25, 0.3) is 11.6 Å². The van der Waals surface area contributed by atoms with Crippen LogP contribution < -0.4 is 0 Å². The highest BCUT2D eigenvalue weighted by atomic mass is 35.5. The highest BCUT2D eigenvalue weighted by Gasteiger charge is 2.22. The summed E-state index contributed by atoms with van der Waals surface area (Å²) in [6.45, 7) is 0. The molecule has 2 aromatic carbocycles. The Hall–Kier alpha value is -2.32. The average molecular weight is 283 g/mol. The van der Waals surface area contributed by atoms with Gasteiger partial charge in [0, 0.05) is 5.02 Å². The van der Waals surface area contributed by atoms with E-state index in [4.69, 9.17) is 16.3 Å². The quantitative estimate of drug-likeness (QED) is 0.767. The fraction of sp³-hybridized carbons (Fsp3) is 0. The first-order chi connectivity index (χ1) is 9.72. The minimum absolute atomic E-state index is 0.323. The van der Waals surface area contributed by atoms with E-state index in [1.807, 2.05) is 48.5 Å². The normalized spacial score (nSPS) is 16.1. The standard InChI is InChI=1S/C17H11ClO2/c18-14-8-6-12(7-9-14)10-15-11-16(17(19)20-15)13-4-2-1-3-5-13/h1-11H/b15-10-. The molecule has 0 radical (unpaired) electrons. The Balaban J connectivity index is 1.92. The van der Waals surface area contributed by atoms with Gasteiger partial charge in [0.2, 0.25) is 0 Å². The van der Waals surface area contributed by atoms with Gasteiger partial charge in [-0.25, -0.2) is 4.79 Å². The molecule has 3 heteroatoms. The van der Waals surface area contributed by atoms with Gasteiger partial charge in [0.15, 0.2) is 0 Å². The van der Waals surface area contributed by atoms with Crippen molar-refractivity contribution in [3.05, 3.63) is 82.6 Å². The molecule has 0 fully saturated rings. The Labute approximate surface area is 122 Å². The first kappa shape index (κ1) is 12.7. The van der Waals surface area contributed by atoms with Gasteiger partial charge in [-0.3, -0.25) is 0 Å². The highest BCUT2D eigenvalue weighted by Crippen LogP contribution is 2.27. The molecule has 2 aromatic rings. The number of rotatable bonds is 2. The Kier molecular flexibility index (Phi) is 3.40. The molecule has 0 atom stereocenters. The van der Waals surface area contributed by atoms with Crippen molar-refractivity contribution in [3.63, 3.8) is 0 Å². The van der Waals surface area contributed by atoms with Gasteiger partial charge in [0.25, 0.3) is 0 Å². The van der Waals surface area contributed by atoms with E-state index in [-0.39, 0.29) is 5.97 Å². The number of ether oxygens (including phenoxy) is 1. The summed E-state index contributed by atoms with van der Waals surface area (Å²) in [5, 5.41) is 0.677. The van der Waals surface area contributed by atoms with Gasteiger partial charge in [-0.1, -0.05) is 54.1 Å². The summed E-state index contributed by atoms with van der Waals surface area (Å²) in [5.74, 6) is 0.215. The molecule has 0 spiro atoms. The summed E-state index contributed by atoms with van der Waals surface area (Å²) in [5.41, 5.74) is 2.37. The van der Waals surface area contributed by atoms with Crippen molar-refractivity contribution in [2.24, 2.45) is 0 Å². The third kappa shape index (κ3) is 2.65. The largest absolute Gasteiger partial charge is 0.423 e. The van der Waals surface area contributed by atoms with Crippen molar-refractivity contribution in [2.75, 3.05) is 0 Å². The molecule has 0 aromatic heterocycles. The van der Waals surface area contributed by atoms with Gasteiger partial charge in [0.05, 0.1) is 5.57 Å². The fourth-order valence-corrected chi connectivity index (χ4v) is 2.13. The lowest BCUT2D eigenvalue weighted by atomic mass is 10.1. The van der Waals surface area contributed by atoms with Crippen LogP contribution in [0, 0.1) is 0 Å². The lowest BCUT2D eigenvalue weighted by molar-refractivity contribution is -0.131. The maximum absolute atomic E-state index is 11.9. The summed E-state index contributed by atoms with van der Waals surface area (Å²) in [4.78, 5) is 11.9. The van der Waals surface area contributed by atoms with E-state index in [0.717, 1.165) is 11.1 Å². The Morgan fingerprint density at radius 1 is 0.950 bits per heavy atom. The number of carbonyl (C=O) groups excluding carboxylic acids is 1. The van der Waals surface area contributed by atoms with E-state index in [2.05, 4.69) is 0 Å². The van der Waals surface area contributed by atoms with Crippen LogP contribution in [0.5, 0.6) is 0 Å². The summed E-state index contributed by atoms with van der Waals surface area (Å²) in [6.07, 6.45) is 3.57. The molecule has 2 nitrogen and oxygen atoms in total. The highest BCUT2D eigenvalue weighted by molar-refractivity contribution is 6.30. The molecule has 0 saturated carbocycles. The van der Waals surface area contributed by atoms with Gasteiger partial charge in [-0.2, -0.15) is 0 Å². The van der Waals surface area contributed by atoms with Gasteiger partial charge in [-0.05, 0) is 35.4 Å². The summed E-state index contributed by atoms with van der Waals surface area (Å²) in [7, 11) is 0. The molecule has 1 aliphatic rings. The van der Waals surface area contributed by atoms with Crippen LogP contribution in [-0.2, 0) is 9.53 Å². The van der Waals surface area contributed by atoms with Gasteiger partial charge < -0.3 is 4.74 Å². The second-order valence-corrected chi connectivity index (χ2v) is 4.85. The number of esters is 1. The summed E-state index contributed by atoms with van der Waals surface area (Å²) < 4.78 is 5.26. The third-order valence-corrected chi connectivity index (χ3v) is 3.23. The van der Waals surface area contributed by atoms with Gasteiger partial charge in [-0.15, -0.1) is 0 Å². The number of halogens is 1. The van der Waals surface area contributed by atoms with Crippen LogP contribution in [0.1, 0.15) is 11.1 Å². The summed E-state index contributed by atoms with van der Waals surface area (Å²) >= 11 is 5.84. The smallest absolute Gasteiger partial charge is 0.344 e. The second-order valence-electron chi connectivity index (χ2n) is 4.41. The number of hydrogen-bond donors (Lipinski definition) is 0. The topological polar surface area (TPSA) is 26.3 Å². The first-order valence-electron chi connectivity index (χ1n) is 6.19. The van der Waals surface area contributed by atoms with Gasteiger partial charge in [0.1, 0.15) is 5.76 Å². The van der Waals surface area contributed by atoms with Crippen molar-refractivity contribution in [3.8, 4) is 0 Å². The van der Waals surface area contributed by atoms with Crippen LogP contribution in [0.15, 0.2) is 66.4 Å². The van der Waals surface area contributed by atoms with Crippen LogP contribution in [0.4, 0.5) is 0 Å². The minimum Gasteiger partial charge on any atom is -0.423 e. The lowest BCUT2D eigenvalue weighted by Crippen LogP contribution is -1.97. The molecule has 0 aliphatic carbocycles. The maximum atomic E-state index is 11.9. The van der Waals surface area contributed by atoms with Crippen molar-refractivity contribution < 1.29 is 9.53 Å². The van der Waals surface area contributed by atoms with E-state index < -0.39 is 0 Å². The predicted molar refractivity (Wildman–Crippen MR) is 79.9 cm³/mol. The first-order valence-corrected chi connectivity index (χ1v) is 6.57. The molecule has 0 bridgehead atoms. The van der Waals surface area contributed by atoms with Crippen molar-refractivity contribution in [1.29, 1.82) is 0 Å². The number of allylic oxidation sites excluding steroid dienone is 1. The van der Waals surface area contributed by atoms with E-state index in [0.29, 0.717) is 16.4 Å². The van der Waals surface area contributed by atoms with Crippen molar-refractivity contribution >= 4 is 29.2 Å². The molecule has 0 amide bonds. The fourth-order valence-electron chi connectivity index (χ4n) is 2.01. The molecule has 20 heavy (non-hydrogen) atoms. The van der Waals surface area contributed by atoms with Crippen LogP contribution >= 0.6 is 11.6 Å². The molecule has 1 heterocycles. The molecule has 0 N–H and O–H groups in total. The number of carbonyl (C=O) groups is 1. The SMILES string of the molecule is O=C1O/C(=C\c2ccc(Cl)cc2)C=C1c1ccccc1. The predicted octanol–water partition coefficient (Wildman–Crippen LogP) is 4.32. The van der Waals surface area contributed by atoms with Crippen molar-refractivity contribution in [2.45, 2.75) is 0 Å². The molecular formula is C17H11ClO2. The minimum atomic E-state index is -0.323. The Morgan fingerprint density at radius 3 is 2.35 bits per heavy atom. The maximum Gasteiger partial charge on any atom is 0.344 e. The molecule has 0 unspecified atom stereocenters. The van der Waals surface area contributed by atoms with E-state index in [1.54, 1.807) is 18.2 Å². The Bertz CT molecular complexity index is 698. The Morgan fingerprint density at radius 2 is 1.65 bits per heavy atom. The zero-order valence-corrected chi connectivity index (χ0v) is 11.3. The van der Waals surface area contributed by atoms with Crippen LogP contribution in [-0.4, -0.2) is 5.97 Å². The number of cyclic esters (lactones) is 1. The van der Waals surface area contributed by atoms with Crippen LogP contribution in [0.2, 0.25) is 5.02 Å². The monoisotopic (exact) mass is 282 g/mol. The zero-order chi connectivity index (χ0) is 13.9. The van der Waals surface area contributed by atoms with E-state index in [9.17, 15) is 4.79 Å². The lowest BCUT2D eigenvalue weighted by Gasteiger charge is -1.98. The molecule has 0 saturated heterocycles. The number of benzene rings is 2. The van der Waals surface area contributed by atoms with Crippen molar-refractivity contribution in [1.82, 2.24) is 0 Å².